The molecule has 4 aliphatic rings. The first-order valence-electron chi connectivity index (χ1n) is 19.9. The molecule has 5 aromatic rings. The Bertz CT molecular complexity index is 2300. The minimum atomic E-state index is -0.793. The number of benzene rings is 3. The van der Waals surface area contributed by atoms with E-state index >= 15 is 8.78 Å². The van der Waals surface area contributed by atoms with Gasteiger partial charge < -0.3 is 20.0 Å². The summed E-state index contributed by atoms with van der Waals surface area (Å²) in [6.07, 6.45) is 3.62. The molecule has 0 amide bonds. The zero-order valence-corrected chi connectivity index (χ0v) is 33.3. The standard InChI is InChI=1S/C44H49F2N7O2S/c1-26-28(3)56-43-39(26)41(47-27(2)42-49-48-29(4)53(42)43)30-8-10-32(11-9-30)51-16-14-44(55,15-17-51)25-50-18-20-52(21-19-50)33-23-37(45)40(38(46)24-33)36-7-5-6-31-22-34(54)12-13-35(31)36/h8-13,22-24,27,36,54-55H,5-7,14-21,25H2,1-4H3/t27-,36+/m0/s1. The van der Waals surface area contributed by atoms with Gasteiger partial charge in [-0.3, -0.25) is 14.5 Å². The molecule has 3 aromatic carbocycles. The number of halogens is 2. The van der Waals surface area contributed by atoms with Crippen molar-refractivity contribution in [2.45, 2.75) is 77.4 Å². The van der Waals surface area contributed by atoms with E-state index in [0.717, 1.165) is 76.2 Å². The average Bonchev–Trinajstić information content (AvgIpc) is 3.67. The van der Waals surface area contributed by atoms with Crippen LogP contribution in [0.15, 0.2) is 59.6 Å². The third kappa shape index (κ3) is 6.59. The van der Waals surface area contributed by atoms with Crippen LogP contribution < -0.4 is 9.80 Å². The molecule has 1 aliphatic carbocycles. The van der Waals surface area contributed by atoms with Gasteiger partial charge in [0.25, 0.3) is 0 Å². The van der Waals surface area contributed by atoms with Crippen molar-refractivity contribution < 1.29 is 19.0 Å². The molecule has 0 bridgehead atoms. The number of nitrogens with zero attached hydrogens (tertiary/aromatic N) is 7. The third-order valence-corrected chi connectivity index (χ3v) is 13.9. The molecule has 0 radical (unpaired) electrons. The average molecular weight is 778 g/mol. The first-order valence-corrected chi connectivity index (χ1v) is 20.7. The second-order valence-electron chi connectivity index (χ2n) is 16.2. The number of aromatic nitrogens is 3. The summed E-state index contributed by atoms with van der Waals surface area (Å²) in [5.74, 6) is 0.524. The van der Waals surface area contributed by atoms with Gasteiger partial charge in [0.15, 0.2) is 5.82 Å². The van der Waals surface area contributed by atoms with Crippen molar-refractivity contribution in [3.05, 3.63) is 116 Å². The summed E-state index contributed by atoms with van der Waals surface area (Å²) in [6, 6.07) is 16.7. The maximum Gasteiger partial charge on any atom is 0.162 e. The van der Waals surface area contributed by atoms with Gasteiger partial charge in [-0.25, -0.2) is 8.78 Å². The maximum atomic E-state index is 15.7. The number of hydrogen-bond acceptors (Lipinski definition) is 9. The predicted molar refractivity (Wildman–Crippen MR) is 218 cm³/mol. The Hall–Kier alpha value is -4.65. The number of rotatable bonds is 6. The first kappa shape index (κ1) is 37.0. The second-order valence-corrected chi connectivity index (χ2v) is 17.4. The molecule has 5 heterocycles. The number of aromatic hydroxyl groups is 1. The quantitative estimate of drug-likeness (QED) is 0.182. The summed E-state index contributed by atoms with van der Waals surface area (Å²) < 4.78 is 33.5. The number of aliphatic imine (C=N–C) groups is 1. The number of thiophene rings is 1. The molecule has 3 aliphatic heterocycles. The van der Waals surface area contributed by atoms with E-state index in [4.69, 9.17) is 4.99 Å². The van der Waals surface area contributed by atoms with Crippen LogP contribution in [-0.2, 0) is 6.42 Å². The van der Waals surface area contributed by atoms with Crippen LogP contribution in [-0.4, -0.2) is 87.0 Å². The van der Waals surface area contributed by atoms with Crippen LogP contribution in [0.2, 0.25) is 0 Å². The summed E-state index contributed by atoms with van der Waals surface area (Å²) in [4.78, 5) is 13.1. The molecule has 2 fully saturated rings. The lowest BCUT2D eigenvalue weighted by Crippen LogP contribution is -2.55. The molecule has 292 valence electrons. The molecule has 2 N–H and O–H groups in total. The Labute approximate surface area is 330 Å². The molecular formula is C44H49F2N7O2S. The van der Waals surface area contributed by atoms with E-state index in [0.29, 0.717) is 57.7 Å². The summed E-state index contributed by atoms with van der Waals surface area (Å²) >= 11 is 1.76. The van der Waals surface area contributed by atoms with Crippen molar-refractivity contribution in [1.29, 1.82) is 0 Å². The van der Waals surface area contributed by atoms with Crippen molar-refractivity contribution in [3.63, 3.8) is 0 Å². The zero-order chi connectivity index (χ0) is 38.9. The number of piperidine rings is 1. The number of phenolic OH excluding ortho intramolecular Hbond substituents is 1. The van der Waals surface area contributed by atoms with Crippen molar-refractivity contribution in [2.24, 2.45) is 4.99 Å². The molecule has 2 aromatic heterocycles. The van der Waals surface area contributed by atoms with Gasteiger partial charge in [-0.15, -0.1) is 21.5 Å². The largest absolute Gasteiger partial charge is 0.508 e. The number of β-amino-alcohol motifs (C(OH)–C–C–N with tert-alkyl or cyclic N) is 1. The number of piperazine rings is 1. The van der Waals surface area contributed by atoms with E-state index in [2.05, 4.69) is 69.6 Å². The topological polar surface area (TPSA) is 93.2 Å². The van der Waals surface area contributed by atoms with Gasteiger partial charge in [0, 0.05) is 84.7 Å². The fraction of sp³-hybridized carbons (Fsp3) is 0.432. The highest BCUT2D eigenvalue weighted by Gasteiger charge is 2.36. The van der Waals surface area contributed by atoms with Gasteiger partial charge in [0.1, 0.15) is 34.3 Å². The van der Waals surface area contributed by atoms with Crippen LogP contribution in [0.25, 0.3) is 5.00 Å². The molecular weight excluding hydrogens is 729 g/mol. The Balaban J connectivity index is 0.818. The van der Waals surface area contributed by atoms with Crippen LogP contribution in [0, 0.1) is 32.4 Å². The number of aryl methyl sites for hydroxylation is 3. The van der Waals surface area contributed by atoms with E-state index in [9.17, 15) is 10.2 Å². The Morgan fingerprint density at radius 3 is 2.27 bits per heavy atom. The summed E-state index contributed by atoms with van der Waals surface area (Å²) in [7, 11) is 0. The van der Waals surface area contributed by atoms with E-state index in [1.54, 1.807) is 23.5 Å². The lowest BCUT2D eigenvalue weighted by atomic mass is 9.78. The van der Waals surface area contributed by atoms with Gasteiger partial charge >= 0.3 is 0 Å². The fourth-order valence-corrected chi connectivity index (χ4v) is 10.6. The smallest absolute Gasteiger partial charge is 0.162 e. The van der Waals surface area contributed by atoms with Gasteiger partial charge in [-0.2, -0.15) is 0 Å². The molecule has 56 heavy (non-hydrogen) atoms. The van der Waals surface area contributed by atoms with Crippen LogP contribution in [0.1, 0.15) is 94.5 Å². The summed E-state index contributed by atoms with van der Waals surface area (Å²) in [5, 5.41) is 31.6. The first-order chi connectivity index (χ1) is 27.0. The fourth-order valence-electron chi connectivity index (χ4n) is 9.42. The molecule has 2 atom stereocenters. The number of aliphatic hydroxyl groups is 1. The Kier molecular flexibility index (Phi) is 9.49. The molecule has 0 spiro atoms. The van der Waals surface area contributed by atoms with E-state index in [1.165, 1.54) is 22.6 Å². The van der Waals surface area contributed by atoms with Crippen LogP contribution >= 0.6 is 11.3 Å². The Morgan fingerprint density at radius 2 is 1.55 bits per heavy atom. The highest BCUT2D eigenvalue weighted by molar-refractivity contribution is 7.15. The molecule has 0 saturated carbocycles. The predicted octanol–water partition coefficient (Wildman–Crippen LogP) is 7.77. The number of hydrogen-bond donors (Lipinski definition) is 2. The van der Waals surface area contributed by atoms with Crippen molar-refractivity contribution >= 4 is 28.4 Å². The summed E-state index contributed by atoms with van der Waals surface area (Å²) in [5.41, 5.74) is 7.33. The molecule has 2 saturated heterocycles. The third-order valence-electron chi connectivity index (χ3n) is 12.7. The molecule has 12 heteroatoms. The normalized spacial score (nSPS) is 20.9. The van der Waals surface area contributed by atoms with Crippen molar-refractivity contribution in [1.82, 2.24) is 19.7 Å². The number of phenols is 1. The van der Waals surface area contributed by atoms with Crippen molar-refractivity contribution in [2.75, 3.05) is 55.6 Å². The van der Waals surface area contributed by atoms with Crippen molar-refractivity contribution in [3.8, 4) is 10.8 Å². The van der Waals surface area contributed by atoms with Crippen LogP contribution in [0.3, 0.4) is 0 Å². The van der Waals surface area contributed by atoms with E-state index < -0.39 is 17.2 Å². The van der Waals surface area contributed by atoms with Gasteiger partial charge in [0.05, 0.1) is 11.3 Å². The van der Waals surface area contributed by atoms with E-state index in [1.807, 2.05) is 17.9 Å². The SMILES string of the molecule is Cc1sc2c(c1C)C(c1ccc(N3CCC(O)(CN4CCN(c5cc(F)c([C@@H]6CCCc7cc(O)ccc76)c(F)c5)CC4)CC3)cc1)=N[C@@H](C)c1nnc(C)n1-2. The maximum absolute atomic E-state index is 15.7. The monoisotopic (exact) mass is 777 g/mol. The van der Waals surface area contributed by atoms with E-state index in [-0.39, 0.29) is 23.3 Å². The number of anilines is 2. The van der Waals surface area contributed by atoms with Gasteiger partial charge in [-0.05, 0) is 113 Å². The molecule has 0 unspecified atom stereocenters. The minimum absolute atomic E-state index is 0.122. The van der Waals surface area contributed by atoms with Gasteiger partial charge in [0.2, 0.25) is 0 Å². The van der Waals surface area contributed by atoms with Crippen LogP contribution in [0.5, 0.6) is 5.75 Å². The highest BCUT2D eigenvalue weighted by Crippen LogP contribution is 2.42. The Morgan fingerprint density at radius 1 is 0.857 bits per heavy atom. The molecule has 9 nitrogen and oxygen atoms in total. The molecule has 9 rings (SSSR count). The lowest BCUT2D eigenvalue weighted by Gasteiger charge is -2.44. The zero-order valence-electron chi connectivity index (χ0n) is 32.5. The van der Waals surface area contributed by atoms with Crippen LogP contribution in [0.4, 0.5) is 20.2 Å². The van der Waals surface area contributed by atoms with Gasteiger partial charge in [-0.1, -0.05) is 18.2 Å². The highest BCUT2D eigenvalue weighted by atomic mass is 32.1. The minimum Gasteiger partial charge on any atom is -0.508 e. The summed E-state index contributed by atoms with van der Waals surface area (Å²) in [6.45, 7) is 13.2. The lowest BCUT2D eigenvalue weighted by molar-refractivity contribution is -0.0173. The number of fused-ring (bicyclic) bond motifs is 4. The second kappa shape index (κ2) is 14.4.